The van der Waals surface area contributed by atoms with Crippen molar-refractivity contribution < 1.29 is 4.79 Å². The van der Waals surface area contributed by atoms with Crippen LogP contribution in [0.15, 0.2) is 78.0 Å². The molecule has 3 aromatic carbocycles. The van der Waals surface area contributed by atoms with E-state index in [0.29, 0.717) is 33.5 Å². The number of anilines is 2. The summed E-state index contributed by atoms with van der Waals surface area (Å²) in [6, 6.07) is 20.8. The Balaban J connectivity index is 1.63. The lowest BCUT2D eigenvalue weighted by Crippen LogP contribution is -2.27. The van der Waals surface area contributed by atoms with Crippen molar-refractivity contribution in [2.75, 3.05) is 10.6 Å². The number of hydrogen-bond donors (Lipinski definition) is 2. The first-order chi connectivity index (χ1) is 15.0. The zero-order valence-electron chi connectivity index (χ0n) is 16.5. The van der Waals surface area contributed by atoms with E-state index in [-0.39, 0.29) is 11.7 Å². The summed E-state index contributed by atoms with van der Waals surface area (Å²) in [6.07, 6.45) is 1.14. The molecule has 0 fully saturated rings. The van der Waals surface area contributed by atoms with Gasteiger partial charge in [-0.15, -0.1) is 0 Å². The summed E-state index contributed by atoms with van der Waals surface area (Å²) in [5.74, 6) is 0.173. The second kappa shape index (κ2) is 8.23. The lowest BCUT2D eigenvalue weighted by Gasteiger charge is -2.30. The van der Waals surface area contributed by atoms with Gasteiger partial charge in [0.05, 0.1) is 27.5 Å². The number of benzene rings is 3. The molecule has 0 bridgehead atoms. The molecular formula is C25H19Cl3N2O. The number of hydrogen-bond acceptors (Lipinski definition) is 3. The van der Waals surface area contributed by atoms with E-state index in [1.807, 2.05) is 60.7 Å². The van der Waals surface area contributed by atoms with Crippen LogP contribution in [0.4, 0.5) is 11.4 Å². The van der Waals surface area contributed by atoms with Crippen LogP contribution in [-0.4, -0.2) is 5.78 Å². The molecule has 6 heteroatoms. The third-order valence-electron chi connectivity index (χ3n) is 5.94. The molecule has 2 atom stereocenters. The van der Waals surface area contributed by atoms with Gasteiger partial charge in [0.2, 0.25) is 0 Å². The van der Waals surface area contributed by atoms with Crippen LogP contribution < -0.4 is 10.6 Å². The SMILES string of the molecule is O=C1C[C@@H](c2ccc(Cl)cc2)CC2=C1[C@H](c1cccc(Cl)c1Cl)Nc1ccccc1N2. The maximum atomic E-state index is 13.5. The number of halogens is 3. The van der Waals surface area contributed by atoms with Gasteiger partial charge in [-0.3, -0.25) is 4.79 Å². The quantitative estimate of drug-likeness (QED) is 0.405. The van der Waals surface area contributed by atoms with Crippen molar-refractivity contribution in [2.45, 2.75) is 24.8 Å². The van der Waals surface area contributed by atoms with Crippen molar-refractivity contribution in [1.29, 1.82) is 0 Å². The fourth-order valence-corrected chi connectivity index (χ4v) is 4.98. The maximum Gasteiger partial charge on any atom is 0.163 e. The van der Waals surface area contributed by atoms with E-state index in [1.165, 1.54) is 0 Å². The van der Waals surface area contributed by atoms with E-state index in [0.717, 1.165) is 28.2 Å². The molecule has 0 amide bonds. The van der Waals surface area contributed by atoms with Crippen molar-refractivity contribution >= 4 is 52.0 Å². The van der Waals surface area contributed by atoms with Gasteiger partial charge in [0, 0.05) is 22.7 Å². The number of ketones is 1. The Labute approximate surface area is 196 Å². The Morgan fingerprint density at radius 2 is 1.55 bits per heavy atom. The highest BCUT2D eigenvalue weighted by Gasteiger charge is 2.36. The van der Waals surface area contributed by atoms with Gasteiger partial charge < -0.3 is 10.6 Å². The molecule has 0 aromatic heterocycles. The number of carbonyl (C=O) groups excluding carboxylic acids is 1. The van der Waals surface area contributed by atoms with E-state index in [4.69, 9.17) is 34.8 Å². The zero-order valence-corrected chi connectivity index (χ0v) is 18.7. The minimum absolute atomic E-state index is 0.0803. The first kappa shape index (κ1) is 20.4. The highest BCUT2D eigenvalue weighted by atomic mass is 35.5. The average molecular weight is 470 g/mol. The second-order valence-corrected chi connectivity index (χ2v) is 9.08. The second-order valence-electron chi connectivity index (χ2n) is 7.86. The number of carbonyl (C=O) groups is 1. The molecule has 0 radical (unpaired) electrons. The monoisotopic (exact) mass is 468 g/mol. The third kappa shape index (κ3) is 3.82. The summed E-state index contributed by atoms with van der Waals surface area (Å²) >= 11 is 19.0. The van der Waals surface area contributed by atoms with Crippen molar-refractivity contribution in [3.8, 4) is 0 Å². The van der Waals surface area contributed by atoms with E-state index >= 15 is 0 Å². The van der Waals surface area contributed by atoms with Gasteiger partial charge in [0.25, 0.3) is 0 Å². The van der Waals surface area contributed by atoms with Crippen LogP contribution in [0.1, 0.15) is 35.9 Å². The number of rotatable bonds is 2. The van der Waals surface area contributed by atoms with Crippen LogP contribution in [0.2, 0.25) is 15.1 Å². The normalized spacial score (nSPS) is 20.3. The van der Waals surface area contributed by atoms with E-state index in [9.17, 15) is 4.79 Å². The molecule has 0 saturated carbocycles. The summed E-state index contributed by atoms with van der Waals surface area (Å²) in [5.41, 5.74) is 5.36. The molecule has 1 aliphatic carbocycles. The Morgan fingerprint density at radius 1 is 0.806 bits per heavy atom. The van der Waals surface area contributed by atoms with Crippen LogP contribution in [0.25, 0.3) is 0 Å². The molecule has 0 unspecified atom stereocenters. The van der Waals surface area contributed by atoms with Crippen molar-refractivity contribution in [2.24, 2.45) is 0 Å². The highest BCUT2D eigenvalue weighted by molar-refractivity contribution is 6.42. The minimum Gasteiger partial charge on any atom is -0.372 e. The zero-order chi connectivity index (χ0) is 21.5. The van der Waals surface area contributed by atoms with E-state index in [2.05, 4.69) is 10.6 Å². The number of Topliss-reactive ketones (excluding diaryl/α,β-unsaturated/α-hetero) is 1. The molecule has 3 aromatic rings. The van der Waals surface area contributed by atoms with Crippen LogP contribution in [0, 0.1) is 0 Å². The molecule has 5 rings (SSSR count). The van der Waals surface area contributed by atoms with Crippen LogP contribution in [-0.2, 0) is 4.79 Å². The highest BCUT2D eigenvalue weighted by Crippen LogP contribution is 2.46. The van der Waals surface area contributed by atoms with Crippen molar-refractivity contribution in [3.05, 3.63) is 104 Å². The van der Waals surface area contributed by atoms with Crippen molar-refractivity contribution in [1.82, 2.24) is 0 Å². The van der Waals surface area contributed by atoms with Gasteiger partial charge in [-0.1, -0.05) is 71.2 Å². The molecule has 3 nitrogen and oxygen atoms in total. The Morgan fingerprint density at radius 3 is 2.32 bits per heavy atom. The van der Waals surface area contributed by atoms with Crippen LogP contribution in [0.5, 0.6) is 0 Å². The number of fused-ring (bicyclic) bond motifs is 1. The first-order valence-electron chi connectivity index (χ1n) is 10.1. The number of allylic oxidation sites excluding steroid dienone is 1. The third-order valence-corrected chi connectivity index (χ3v) is 7.03. The Hall–Kier alpha value is -2.46. The summed E-state index contributed by atoms with van der Waals surface area (Å²) in [7, 11) is 0. The minimum atomic E-state index is -0.393. The average Bonchev–Trinajstić information content (AvgIpc) is 2.93. The molecule has 2 aliphatic rings. The van der Waals surface area contributed by atoms with Gasteiger partial charge >= 0.3 is 0 Å². The predicted molar refractivity (Wildman–Crippen MR) is 128 cm³/mol. The summed E-state index contributed by atoms with van der Waals surface area (Å²) < 4.78 is 0. The molecule has 1 aliphatic heterocycles. The Kier molecular flexibility index (Phi) is 5.43. The lowest BCUT2D eigenvalue weighted by molar-refractivity contribution is -0.116. The molecule has 0 spiro atoms. The van der Waals surface area contributed by atoms with Gasteiger partial charge in [0.1, 0.15) is 0 Å². The number of nitrogens with one attached hydrogen (secondary N) is 2. The molecule has 1 heterocycles. The molecule has 31 heavy (non-hydrogen) atoms. The van der Waals surface area contributed by atoms with Gasteiger partial charge in [-0.25, -0.2) is 0 Å². The maximum absolute atomic E-state index is 13.5. The van der Waals surface area contributed by atoms with Crippen LogP contribution in [0.3, 0.4) is 0 Å². The molecule has 2 N–H and O–H groups in total. The number of para-hydroxylation sites is 2. The van der Waals surface area contributed by atoms with Crippen molar-refractivity contribution in [3.63, 3.8) is 0 Å². The summed E-state index contributed by atoms with van der Waals surface area (Å²) in [6.45, 7) is 0. The molecular weight excluding hydrogens is 451 g/mol. The van der Waals surface area contributed by atoms with E-state index in [1.54, 1.807) is 6.07 Å². The summed E-state index contributed by atoms with van der Waals surface area (Å²) in [4.78, 5) is 13.5. The standard InChI is InChI=1S/C25H19Cl3N2O/c26-16-10-8-14(9-11-16)15-12-21-23(22(31)13-15)25(17-4-3-5-18(27)24(17)28)30-20-7-2-1-6-19(20)29-21/h1-11,15,25,29-30H,12-13H2/t15-,25-/m0/s1. The van der Waals surface area contributed by atoms with Crippen LogP contribution >= 0.6 is 34.8 Å². The fraction of sp³-hybridized carbons (Fsp3) is 0.160. The molecule has 0 saturated heterocycles. The van der Waals surface area contributed by atoms with Gasteiger partial charge in [-0.05, 0) is 53.8 Å². The smallest absolute Gasteiger partial charge is 0.163 e. The topological polar surface area (TPSA) is 41.1 Å². The molecule has 156 valence electrons. The van der Waals surface area contributed by atoms with Gasteiger partial charge in [0.15, 0.2) is 5.78 Å². The largest absolute Gasteiger partial charge is 0.372 e. The predicted octanol–water partition coefficient (Wildman–Crippen LogP) is 7.63. The van der Waals surface area contributed by atoms with Gasteiger partial charge in [-0.2, -0.15) is 0 Å². The summed E-state index contributed by atoms with van der Waals surface area (Å²) in [5, 5.41) is 8.68. The van der Waals surface area contributed by atoms with E-state index < -0.39 is 6.04 Å². The lowest BCUT2D eigenvalue weighted by atomic mass is 9.78. The Bertz CT molecular complexity index is 1200. The fourth-order valence-electron chi connectivity index (χ4n) is 4.44. The first-order valence-corrected chi connectivity index (χ1v) is 11.2.